The van der Waals surface area contributed by atoms with Crippen molar-refractivity contribution >= 4 is 11.1 Å². The molecule has 2 aromatic rings. The molecular formula is C6H3N2O2. The molecule has 4 heteroatoms. The third-order valence-electron chi connectivity index (χ3n) is 1.17. The first-order valence-electron chi connectivity index (χ1n) is 2.72. The van der Waals surface area contributed by atoms with Crippen LogP contribution in [0.2, 0.25) is 0 Å². The minimum atomic E-state index is -0.384. The number of nitrogens with one attached hydrogen (secondary N) is 1. The molecule has 0 aliphatic heterocycles. The standard InChI is InChI=1S/C6H3N2O2/c9-5-2-1-4-3-7-8-6(4)10-5/h1-2H,(H,7,8). The van der Waals surface area contributed by atoms with Crippen molar-refractivity contribution in [2.45, 2.75) is 0 Å². The Morgan fingerprint density at radius 1 is 1.60 bits per heavy atom. The van der Waals surface area contributed by atoms with Gasteiger partial charge in [0.25, 0.3) is 0 Å². The van der Waals surface area contributed by atoms with Crippen molar-refractivity contribution < 1.29 is 4.42 Å². The van der Waals surface area contributed by atoms with Gasteiger partial charge in [0.2, 0.25) is 5.71 Å². The van der Waals surface area contributed by atoms with Crippen LogP contribution in [0.4, 0.5) is 0 Å². The Balaban J connectivity index is 2.99. The van der Waals surface area contributed by atoms with E-state index in [4.69, 9.17) is 4.42 Å². The topological polar surface area (TPSA) is 58.9 Å². The van der Waals surface area contributed by atoms with E-state index in [0.717, 1.165) is 0 Å². The molecule has 0 atom stereocenters. The van der Waals surface area contributed by atoms with Gasteiger partial charge < -0.3 is 4.42 Å². The number of nitrogens with zero attached hydrogens (tertiary/aromatic N) is 1. The van der Waals surface area contributed by atoms with E-state index < -0.39 is 0 Å². The third-order valence-corrected chi connectivity index (χ3v) is 1.17. The highest BCUT2D eigenvalue weighted by molar-refractivity contribution is 5.69. The number of hydrogen-bond acceptors (Lipinski definition) is 3. The molecule has 0 aliphatic carbocycles. The van der Waals surface area contributed by atoms with Crippen molar-refractivity contribution in [1.29, 1.82) is 0 Å². The normalized spacial score (nSPS) is 10.4. The van der Waals surface area contributed by atoms with Crippen LogP contribution in [-0.2, 0) is 0 Å². The Morgan fingerprint density at radius 2 is 2.50 bits per heavy atom. The smallest absolute Gasteiger partial charge is 0.337 e. The van der Waals surface area contributed by atoms with Gasteiger partial charge in [0.1, 0.15) is 6.20 Å². The molecule has 0 fully saturated rings. The zero-order chi connectivity index (χ0) is 6.97. The number of hydrogen-bond donors (Lipinski definition) is 1. The summed E-state index contributed by atoms with van der Waals surface area (Å²) >= 11 is 0. The van der Waals surface area contributed by atoms with Crippen LogP contribution in [0.25, 0.3) is 11.1 Å². The Labute approximate surface area is 55.5 Å². The van der Waals surface area contributed by atoms with Gasteiger partial charge in [-0.2, -0.15) is 5.10 Å². The maximum Gasteiger partial charge on any atom is 0.337 e. The van der Waals surface area contributed by atoms with Crippen molar-refractivity contribution in [3.63, 3.8) is 0 Å². The second-order valence-electron chi connectivity index (χ2n) is 1.83. The summed E-state index contributed by atoms with van der Waals surface area (Å²) in [6, 6.07) is 2.93. The van der Waals surface area contributed by atoms with Crippen molar-refractivity contribution in [1.82, 2.24) is 10.2 Å². The summed E-state index contributed by atoms with van der Waals surface area (Å²) in [6.07, 6.45) is 2.61. The first-order valence-corrected chi connectivity index (χ1v) is 2.72. The van der Waals surface area contributed by atoms with Crippen LogP contribution in [0.1, 0.15) is 0 Å². The molecule has 0 spiro atoms. The summed E-state index contributed by atoms with van der Waals surface area (Å²) < 4.78 is 4.70. The SMILES string of the molecule is O=c1ccc2[c]n[nH]c2o1. The zero-order valence-electron chi connectivity index (χ0n) is 4.92. The number of H-pyrrole nitrogens is 1. The number of aromatic amines is 1. The monoisotopic (exact) mass is 135 g/mol. The second kappa shape index (κ2) is 1.70. The molecule has 49 valence electrons. The van der Waals surface area contributed by atoms with Gasteiger partial charge in [0, 0.05) is 6.07 Å². The van der Waals surface area contributed by atoms with E-state index in [2.05, 4.69) is 16.4 Å². The summed E-state index contributed by atoms with van der Waals surface area (Å²) in [5.74, 6) is 0. The lowest BCUT2D eigenvalue weighted by atomic mass is 10.4. The van der Waals surface area contributed by atoms with E-state index in [0.29, 0.717) is 11.1 Å². The van der Waals surface area contributed by atoms with Crippen LogP contribution in [0.15, 0.2) is 21.3 Å². The predicted octanol–water partition coefficient (Wildman–Crippen LogP) is 0.316. The first-order chi connectivity index (χ1) is 4.86. The van der Waals surface area contributed by atoms with Gasteiger partial charge in [0.15, 0.2) is 0 Å². The number of rotatable bonds is 0. The Bertz CT molecular complexity index is 401. The van der Waals surface area contributed by atoms with Crippen LogP contribution in [0.3, 0.4) is 0 Å². The lowest BCUT2D eigenvalue weighted by molar-refractivity contribution is 0.548. The summed E-state index contributed by atoms with van der Waals surface area (Å²) in [7, 11) is 0. The molecule has 2 aromatic heterocycles. The maximum atomic E-state index is 10.6. The average molecular weight is 135 g/mol. The summed E-state index contributed by atoms with van der Waals surface area (Å²) in [5, 5.41) is 6.73. The molecule has 0 saturated carbocycles. The van der Waals surface area contributed by atoms with Crippen LogP contribution >= 0.6 is 0 Å². The number of aromatic nitrogens is 2. The maximum absolute atomic E-state index is 10.6. The molecule has 0 unspecified atom stereocenters. The van der Waals surface area contributed by atoms with Crippen molar-refractivity contribution in [2.24, 2.45) is 0 Å². The largest absolute Gasteiger partial charge is 0.404 e. The van der Waals surface area contributed by atoms with E-state index in [1.165, 1.54) is 6.07 Å². The zero-order valence-corrected chi connectivity index (χ0v) is 4.92. The Kier molecular flexibility index (Phi) is 0.887. The quantitative estimate of drug-likeness (QED) is 0.565. The summed E-state index contributed by atoms with van der Waals surface area (Å²) in [4.78, 5) is 10.6. The van der Waals surface area contributed by atoms with Crippen molar-refractivity contribution in [2.75, 3.05) is 0 Å². The molecule has 10 heavy (non-hydrogen) atoms. The Hall–Kier alpha value is -1.58. The molecule has 1 radical (unpaired) electrons. The van der Waals surface area contributed by atoms with Gasteiger partial charge in [-0.3, -0.25) is 0 Å². The fourth-order valence-corrected chi connectivity index (χ4v) is 0.727. The van der Waals surface area contributed by atoms with Gasteiger partial charge in [-0.15, -0.1) is 0 Å². The number of fused-ring (bicyclic) bond motifs is 1. The highest BCUT2D eigenvalue weighted by atomic mass is 16.4. The summed E-state index contributed by atoms with van der Waals surface area (Å²) in [5.41, 5.74) is -0.0161. The Morgan fingerprint density at radius 3 is 3.40 bits per heavy atom. The first kappa shape index (κ1) is 5.22. The highest BCUT2D eigenvalue weighted by Crippen LogP contribution is 2.03. The van der Waals surface area contributed by atoms with Gasteiger partial charge in [-0.25, -0.2) is 9.89 Å². The van der Waals surface area contributed by atoms with Crippen LogP contribution < -0.4 is 5.63 Å². The molecule has 0 bridgehead atoms. The molecule has 0 amide bonds. The highest BCUT2D eigenvalue weighted by Gasteiger charge is 1.95. The fraction of sp³-hybridized carbons (Fsp3) is 0. The molecular weight excluding hydrogens is 132 g/mol. The van der Waals surface area contributed by atoms with E-state index in [1.54, 1.807) is 6.07 Å². The van der Waals surface area contributed by atoms with Crippen LogP contribution in [0, 0.1) is 6.20 Å². The molecule has 1 N–H and O–H groups in total. The van der Waals surface area contributed by atoms with E-state index in [9.17, 15) is 4.79 Å². The fourth-order valence-electron chi connectivity index (χ4n) is 0.727. The van der Waals surface area contributed by atoms with Gasteiger partial charge >= 0.3 is 5.63 Å². The molecule has 0 aliphatic rings. The van der Waals surface area contributed by atoms with E-state index in [-0.39, 0.29) is 5.63 Å². The minimum absolute atomic E-state index is 0.368. The van der Waals surface area contributed by atoms with Crippen LogP contribution in [0.5, 0.6) is 0 Å². The lowest BCUT2D eigenvalue weighted by Gasteiger charge is -1.81. The van der Waals surface area contributed by atoms with E-state index in [1.807, 2.05) is 0 Å². The lowest BCUT2D eigenvalue weighted by Crippen LogP contribution is -1.93. The van der Waals surface area contributed by atoms with Crippen LogP contribution in [-0.4, -0.2) is 10.2 Å². The molecule has 0 aromatic carbocycles. The molecule has 2 rings (SSSR count). The van der Waals surface area contributed by atoms with Gasteiger partial charge in [0.05, 0.1) is 5.39 Å². The molecule has 2 heterocycles. The molecule has 0 saturated heterocycles. The van der Waals surface area contributed by atoms with Crippen molar-refractivity contribution in [3.05, 3.63) is 28.7 Å². The van der Waals surface area contributed by atoms with Crippen molar-refractivity contribution in [3.8, 4) is 0 Å². The molecule has 4 nitrogen and oxygen atoms in total. The third kappa shape index (κ3) is 0.621. The van der Waals surface area contributed by atoms with E-state index >= 15 is 0 Å². The van der Waals surface area contributed by atoms with Gasteiger partial charge in [-0.1, -0.05) is 0 Å². The summed E-state index contributed by atoms with van der Waals surface area (Å²) in [6.45, 7) is 0. The predicted molar refractivity (Wildman–Crippen MR) is 33.5 cm³/mol. The van der Waals surface area contributed by atoms with Gasteiger partial charge in [-0.05, 0) is 6.07 Å². The second-order valence-corrected chi connectivity index (χ2v) is 1.83. The average Bonchev–Trinajstić information content (AvgIpc) is 2.33. The minimum Gasteiger partial charge on any atom is -0.404 e.